The number of quaternary nitrogens is 1. The number of piperazine rings is 1. The molecule has 1 fully saturated rings. The molecular formula is C18H21N4O5+. The highest BCUT2D eigenvalue weighted by Gasteiger charge is 2.32. The minimum Gasteiger partial charge on any atom is -0.459 e. The third-order valence-electron chi connectivity index (χ3n) is 4.79. The van der Waals surface area contributed by atoms with E-state index >= 15 is 0 Å². The summed E-state index contributed by atoms with van der Waals surface area (Å²) in [5.41, 5.74) is 0.0484. The van der Waals surface area contributed by atoms with Gasteiger partial charge in [0.15, 0.2) is 11.8 Å². The molecule has 3 rings (SSSR count). The van der Waals surface area contributed by atoms with Crippen LogP contribution in [-0.4, -0.2) is 53.9 Å². The van der Waals surface area contributed by atoms with Crippen molar-refractivity contribution in [3.8, 4) is 0 Å². The molecule has 2 heterocycles. The maximum absolute atomic E-state index is 12.5. The quantitative estimate of drug-likeness (QED) is 0.588. The number of amides is 2. The molecule has 0 saturated carbocycles. The number of nitrogens with zero attached hydrogens (tertiary/aromatic N) is 2. The molecule has 1 aliphatic heterocycles. The number of furan rings is 1. The standard InChI is InChI=1S/C18H20N4O5/c1-13(17(23)19-14-5-2-3-6-15(14)22(25)26)20-8-10-21(11-9-20)18(24)16-7-4-12-27-16/h2-7,12-13H,8-11H2,1H3,(H,19,23)/p+1/t13-/m1/s1. The van der Waals surface area contributed by atoms with Crippen LogP contribution in [0.5, 0.6) is 0 Å². The molecule has 2 aromatic rings. The molecule has 9 nitrogen and oxygen atoms in total. The third kappa shape index (κ3) is 4.14. The van der Waals surface area contributed by atoms with Crippen LogP contribution in [0, 0.1) is 10.1 Å². The number of rotatable bonds is 5. The molecule has 0 radical (unpaired) electrons. The van der Waals surface area contributed by atoms with Gasteiger partial charge in [-0.25, -0.2) is 0 Å². The van der Waals surface area contributed by atoms with E-state index < -0.39 is 11.0 Å². The van der Waals surface area contributed by atoms with E-state index in [0.717, 1.165) is 4.90 Å². The molecule has 1 saturated heterocycles. The minimum absolute atomic E-state index is 0.137. The Labute approximate surface area is 155 Å². The van der Waals surface area contributed by atoms with Crippen molar-refractivity contribution < 1.29 is 23.8 Å². The van der Waals surface area contributed by atoms with Gasteiger partial charge in [-0.3, -0.25) is 19.7 Å². The number of carbonyl (C=O) groups is 2. The first-order chi connectivity index (χ1) is 13.0. The van der Waals surface area contributed by atoms with E-state index in [4.69, 9.17) is 4.42 Å². The van der Waals surface area contributed by atoms with E-state index in [1.54, 1.807) is 36.1 Å². The summed E-state index contributed by atoms with van der Waals surface area (Å²) in [5, 5.41) is 13.7. The normalized spacial score (nSPS) is 16.0. The van der Waals surface area contributed by atoms with Gasteiger partial charge in [0, 0.05) is 6.07 Å². The van der Waals surface area contributed by atoms with Crippen LogP contribution in [0.1, 0.15) is 17.5 Å². The predicted molar refractivity (Wildman–Crippen MR) is 96.5 cm³/mol. The number of benzene rings is 1. The molecule has 0 aliphatic carbocycles. The van der Waals surface area contributed by atoms with Crippen molar-refractivity contribution >= 4 is 23.2 Å². The fourth-order valence-electron chi connectivity index (χ4n) is 3.15. The van der Waals surface area contributed by atoms with Crippen LogP contribution >= 0.6 is 0 Å². The van der Waals surface area contributed by atoms with Crippen molar-refractivity contribution in [1.82, 2.24) is 4.90 Å². The van der Waals surface area contributed by atoms with E-state index in [1.807, 2.05) is 0 Å². The van der Waals surface area contributed by atoms with Gasteiger partial charge in [0.2, 0.25) is 0 Å². The lowest BCUT2D eigenvalue weighted by Crippen LogP contribution is -3.19. The first-order valence-electron chi connectivity index (χ1n) is 8.69. The Morgan fingerprint density at radius 2 is 1.93 bits per heavy atom. The molecule has 1 aliphatic rings. The van der Waals surface area contributed by atoms with Crippen LogP contribution in [0.25, 0.3) is 0 Å². The largest absolute Gasteiger partial charge is 0.459 e. The van der Waals surface area contributed by atoms with Crippen LogP contribution in [-0.2, 0) is 4.79 Å². The predicted octanol–water partition coefficient (Wildman–Crippen LogP) is 0.556. The smallest absolute Gasteiger partial charge is 0.292 e. The van der Waals surface area contributed by atoms with Gasteiger partial charge in [-0.05, 0) is 25.1 Å². The number of carbonyl (C=O) groups excluding carboxylic acids is 2. The highest BCUT2D eigenvalue weighted by atomic mass is 16.6. The van der Waals surface area contributed by atoms with Gasteiger partial charge >= 0.3 is 0 Å². The first kappa shape index (κ1) is 18.6. The number of anilines is 1. The second kappa shape index (κ2) is 8.00. The van der Waals surface area contributed by atoms with Crippen LogP contribution in [0.4, 0.5) is 11.4 Å². The summed E-state index contributed by atoms with van der Waals surface area (Å²) in [6.07, 6.45) is 1.46. The minimum atomic E-state index is -0.522. The first-order valence-corrected chi connectivity index (χ1v) is 8.69. The molecule has 1 aromatic heterocycles. The molecular weight excluding hydrogens is 352 g/mol. The molecule has 9 heteroatoms. The Morgan fingerprint density at radius 3 is 2.56 bits per heavy atom. The van der Waals surface area contributed by atoms with Gasteiger partial charge in [0.25, 0.3) is 17.5 Å². The average molecular weight is 373 g/mol. The lowest BCUT2D eigenvalue weighted by atomic mass is 10.2. The third-order valence-corrected chi connectivity index (χ3v) is 4.79. The van der Waals surface area contributed by atoms with Crippen molar-refractivity contribution in [2.75, 3.05) is 31.5 Å². The Morgan fingerprint density at radius 1 is 1.22 bits per heavy atom. The second-order valence-corrected chi connectivity index (χ2v) is 6.41. The van der Waals surface area contributed by atoms with Gasteiger partial charge in [0.1, 0.15) is 5.69 Å². The molecule has 142 valence electrons. The molecule has 2 N–H and O–H groups in total. The Balaban J connectivity index is 1.57. The maximum atomic E-state index is 12.5. The molecule has 2 amide bonds. The second-order valence-electron chi connectivity index (χ2n) is 6.41. The average Bonchev–Trinajstić information content (AvgIpc) is 3.22. The molecule has 1 aromatic carbocycles. The Hall–Kier alpha value is -3.20. The summed E-state index contributed by atoms with van der Waals surface area (Å²) < 4.78 is 5.14. The highest BCUT2D eigenvalue weighted by molar-refractivity contribution is 5.95. The van der Waals surface area contributed by atoms with Gasteiger partial charge in [-0.1, -0.05) is 12.1 Å². The summed E-state index contributed by atoms with van der Waals surface area (Å²) >= 11 is 0. The summed E-state index contributed by atoms with van der Waals surface area (Å²) in [5.74, 6) is -0.137. The van der Waals surface area contributed by atoms with E-state index in [0.29, 0.717) is 31.9 Å². The SMILES string of the molecule is C[C@H](C(=O)Nc1ccccc1[N+](=O)[O-])[NH+]1CCN(C(=O)c2ccco2)CC1. The zero-order valence-corrected chi connectivity index (χ0v) is 14.9. The van der Waals surface area contributed by atoms with Gasteiger partial charge < -0.3 is 19.5 Å². The van der Waals surface area contributed by atoms with Gasteiger partial charge in [0.05, 0.1) is 37.4 Å². The van der Waals surface area contributed by atoms with Crippen LogP contribution in [0.15, 0.2) is 47.1 Å². The van der Waals surface area contributed by atoms with Crippen LogP contribution in [0.3, 0.4) is 0 Å². The Kier molecular flexibility index (Phi) is 5.51. The monoisotopic (exact) mass is 373 g/mol. The summed E-state index contributed by atoms with van der Waals surface area (Å²) in [4.78, 5) is 38.1. The van der Waals surface area contributed by atoms with Crippen molar-refractivity contribution in [2.45, 2.75) is 13.0 Å². The molecule has 27 heavy (non-hydrogen) atoms. The maximum Gasteiger partial charge on any atom is 0.292 e. The topological polar surface area (TPSA) is 110 Å². The molecule has 1 atom stereocenters. The van der Waals surface area contributed by atoms with Gasteiger partial charge in [-0.2, -0.15) is 0 Å². The van der Waals surface area contributed by atoms with Gasteiger partial charge in [-0.15, -0.1) is 0 Å². The van der Waals surface area contributed by atoms with Crippen molar-refractivity contribution in [1.29, 1.82) is 0 Å². The zero-order valence-electron chi connectivity index (χ0n) is 14.9. The summed E-state index contributed by atoms with van der Waals surface area (Å²) in [7, 11) is 0. The molecule has 0 bridgehead atoms. The highest BCUT2D eigenvalue weighted by Crippen LogP contribution is 2.23. The fourth-order valence-corrected chi connectivity index (χ4v) is 3.15. The number of nitro benzene ring substituents is 1. The fraction of sp³-hybridized carbons (Fsp3) is 0.333. The van der Waals surface area contributed by atoms with E-state index in [2.05, 4.69) is 5.32 Å². The summed E-state index contributed by atoms with van der Waals surface area (Å²) in [6.45, 7) is 4.02. The number of para-hydroxylation sites is 2. The molecule has 0 unspecified atom stereocenters. The molecule has 0 spiro atoms. The number of hydrogen-bond donors (Lipinski definition) is 2. The number of nitro groups is 1. The lowest BCUT2D eigenvalue weighted by molar-refractivity contribution is -0.917. The van der Waals surface area contributed by atoms with Crippen molar-refractivity contribution in [2.24, 2.45) is 0 Å². The van der Waals surface area contributed by atoms with Crippen LogP contribution < -0.4 is 10.2 Å². The zero-order chi connectivity index (χ0) is 19.4. The van der Waals surface area contributed by atoms with Crippen molar-refractivity contribution in [3.05, 3.63) is 58.5 Å². The van der Waals surface area contributed by atoms with E-state index in [9.17, 15) is 19.7 Å². The van der Waals surface area contributed by atoms with E-state index in [-0.39, 0.29) is 23.2 Å². The number of hydrogen-bond acceptors (Lipinski definition) is 5. The lowest BCUT2D eigenvalue weighted by Gasteiger charge is -2.34. The van der Waals surface area contributed by atoms with E-state index in [1.165, 1.54) is 18.4 Å². The van der Waals surface area contributed by atoms with Crippen LogP contribution in [0.2, 0.25) is 0 Å². The Bertz CT molecular complexity index is 828. The number of nitrogens with one attached hydrogen (secondary N) is 2. The summed E-state index contributed by atoms with van der Waals surface area (Å²) in [6, 6.07) is 8.96. The van der Waals surface area contributed by atoms with Crippen molar-refractivity contribution in [3.63, 3.8) is 0 Å².